The van der Waals surface area contributed by atoms with E-state index in [1.165, 1.54) is 30.0 Å². The molecule has 5 heteroatoms. The van der Waals surface area contributed by atoms with Crippen molar-refractivity contribution in [1.29, 1.82) is 0 Å². The topological polar surface area (TPSA) is 43.1 Å². The Bertz CT molecular complexity index is 1300. The van der Waals surface area contributed by atoms with Crippen LogP contribution in [0.3, 0.4) is 0 Å². The average Bonchev–Trinajstić information content (AvgIpc) is 3.35. The van der Waals surface area contributed by atoms with Crippen LogP contribution < -0.4 is 0 Å². The summed E-state index contributed by atoms with van der Waals surface area (Å²) < 4.78 is 2.21. The molecule has 6 rings (SSSR count). The van der Waals surface area contributed by atoms with Crippen LogP contribution in [0.2, 0.25) is 0 Å². The monoisotopic (exact) mass is 382 g/mol. The Morgan fingerprint density at radius 2 is 1.96 bits per heavy atom. The fraction of sp³-hybridized carbons (Fsp3) is 0.174. The van der Waals surface area contributed by atoms with Crippen LogP contribution in [0.4, 0.5) is 0 Å². The molecular formula is C23H18N4S. The third-order valence-corrected chi connectivity index (χ3v) is 6.58. The minimum absolute atomic E-state index is 0.563. The van der Waals surface area contributed by atoms with E-state index in [1.54, 1.807) is 11.3 Å². The standard InChI is InChI=1S/C23H18N4S/c1-3-16(4-1)23-26-22(20-14-24-10-11-27(20)23)17-7-6-15-8-9-18(25-19(15)13-17)21-5-2-12-28-21/h2,5-14,16H,1,3-4H2. The molecule has 5 aromatic rings. The summed E-state index contributed by atoms with van der Waals surface area (Å²) in [7, 11) is 0. The van der Waals surface area contributed by atoms with Gasteiger partial charge in [-0.05, 0) is 36.4 Å². The Morgan fingerprint density at radius 3 is 2.79 bits per heavy atom. The average molecular weight is 382 g/mol. The third-order valence-electron chi connectivity index (χ3n) is 5.68. The molecule has 4 heterocycles. The van der Waals surface area contributed by atoms with Crippen LogP contribution in [0.15, 0.2) is 66.4 Å². The zero-order valence-electron chi connectivity index (χ0n) is 15.2. The molecule has 1 aromatic carbocycles. The van der Waals surface area contributed by atoms with Crippen LogP contribution in [0.1, 0.15) is 31.0 Å². The number of nitrogens with zero attached hydrogens (tertiary/aromatic N) is 4. The lowest BCUT2D eigenvalue weighted by molar-refractivity contribution is 0.400. The predicted octanol–water partition coefficient (Wildman–Crippen LogP) is 5.94. The molecule has 0 unspecified atom stereocenters. The third kappa shape index (κ3) is 2.47. The van der Waals surface area contributed by atoms with Crippen molar-refractivity contribution < 1.29 is 0 Å². The van der Waals surface area contributed by atoms with E-state index in [9.17, 15) is 0 Å². The predicted molar refractivity (Wildman–Crippen MR) is 114 cm³/mol. The van der Waals surface area contributed by atoms with Crippen molar-refractivity contribution in [2.45, 2.75) is 25.2 Å². The maximum atomic E-state index is 5.06. The Morgan fingerprint density at radius 1 is 1.04 bits per heavy atom. The van der Waals surface area contributed by atoms with Crippen LogP contribution in [0, 0.1) is 0 Å². The van der Waals surface area contributed by atoms with Gasteiger partial charge in [-0.15, -0.1) is 11.3 Å². The normalized spacial score (nSPS) is 14.6. The lowest BCUT2D eigenvalue weighted by atomic mass is 9.85. The van der Waals surface area contributed by atoms with E-state index in [4.69, 9.17) is 9.97 Å². The molecule has 1 fully saturated rings. The van der Waals surface area contributed by atoms with Crippen LogP contribution in [-0.4, -0.2) is 19.4 Å². The van der Waals surface area contributed by atoms with Gasteiger partial charge in [-0.1, -0.05) is 30.7 Å². The summed E-state index contributed by atoms with van der Waals surface area (Å²) in [5.41, 5.74) is 5.18. The van der Waals surface area contributed by atoms with Crippen LogP contribution >= 0.6 is 11.3 Å². The Labute approximate surface area is 166 Å². The fourth-order valence-electron chi connectivity index (χ4n) is 3.95. The molecule has 0 saturated heterocycles. The minimum Gasteiger partial charge on any atom is -0.300 e. The van der Waals surface area contributed by atoms with Crippen LogP contribution in [0.5, 0.6) is 0 Å². The number of thiophene rings is 1. The Kier molecular flexibility index (Phi) is 3.56. The summed E-state index contributed by atoms with van der Waals surface area (Å²) in [4.78, 5) is 15.5. The molecule has 28 heavy (non-hydrogen) atoms. The molecule has 0 aliphatic heterocycles. The first-order valence-corrected chi connectivity index (χ1v) is 10.5. The second kappa shape index (κ2) is 6.24. The van der Waals surface area contributed by atoms with Gasteiger partial charge in [-0.3, -0.25) is 9.38 Å². The zero-order valence-corrected chi connectivity index (χ0v) is 16.1. The van der Waals surface area contributed by atoms with Gasteiger partial charge in [-0.25, -0.2) is 9.97 Å². The highest BCUT2D eigenvalue weighted by Crippen LogP contribution is 2.38. The van der Waals surface area contributed by atoms with E-state index in [2.05, 4.69) is 57.2 Å². The highest BCUT2D eigenvalue weighted by atomic mass is 32.1. The number of rotatable bonds is 3. The summed E-state index contributed by atoms with van der Waals surface area (Å²) in [6.45, 7) is 0. The van der Waals surface area contributed by atoms with Gasteiger partial charge in [0.2, 0.25) is 0 Å². The molecule has 0 N–H and O–H groups in total. The van der Waals surface area contributed by atoms with E-state index >= 15 is 0 Å². The first-order chi connectivity index (χ1) is 13.9. The van der Waals surface area contributed by atoms with Crippen molar-refractivity contribution in [3.8, 4) is 21.8 Å². The SMILES string of the molecule is c1csc(-c2ccc3ccc(-c4nc(C5CCC5)n5ccncc45)cc3n2)c1. The van der Waals surface area contributed by atoms with Gasteiger partial charge in [0, 0.05) is 29.3 Å². The number of aromatic nitrogens is 4. The molecule has 1 saturated carbocycles. The van der Waals surface area contributed by atoms with Crippen LogP contribution in [-0.2, 0) is 0 Å². The van der Waals surface area contributed by atoms with Gasteiger partial charge in [0.05, 0.1) is 33.5 Å². The van der Waals surface area contributed by atoms with Gasteiger partial charge in [0.25, 0.3) is 0 Å². The molecule has 1 aliphatic carbocycles. The summed E-state index contributed by atoms with van der Waals surface area (Å²) in [6, 6.07) is 14.9. The van der Waals surface area contributed by atoms with Crippen LogP contribution in [0.25, 0.3) is 38.2 Å². The molecule has 0 bridgehead atoms. The van der Waals surface area contributed by atoms with E-state index in [0.717, 1.165) is 33.4 Å². The quantitative estimate of drug-likeness (QED) is 0.388. The van der Waals surface area contributed by atoms with Gasteiger partial charge < -0.3 is 0 Å². The maximum absolute atomic E-state index is 5.06. The van der Waals surface area contributed by atoms with Gasteiger partial charge in [0.1, 0.15) is 5.82 Å². The molecule has 4 nitrogen and oxygen atoms in total. The number of hydrogen-bond donors (Lipinski definition) is 0. The van der Waals surface area contributed by atoms with Crippen molar-refractivity contribution in [3.63, 3.8) is 0 Å². The molecule has 136 valence electrons. The molecule has 0 amide bonds. The second-order valence-electron chi connectivity index (χ2n) is 7.36. The first kappa shape index (κ1) is 16.0. The Balaban J connectivity index is 1.52. The largest absolute Gasteiger partial charge is 0.300 e. The Hall–Kier alpha value is -3.05. The van der Waals surface area contributed by atoms with Gasteiger partial charge in [-0.2, -0.15) is 0 Å². The van der Waals surface area contributed by atoms with Crippen molar-refractivity contribution in [3.05, 3.63) is 72.3 Å². The fourth-order valence-corrected chi connectivity index (χ4v) is 4.65. The molecule has 1 aliphatic rings. The van der Waals surface area contributed by atoms with Gasteiger partial charge >= 0.3 is 0 Å². The van der Waals surface area contributed by atoms with Gasteiger partial charge in [0.15, 0.2) is 0 Å². The number of benzene rings is 1. The van der Waals surface area contributed by atoms with E-state index < -0.39 is 0 Å². The van der Waals surface area contributed by atoms with Crippen molar-refractivity contribution in [2.24, 2.45) is 0 Å². The highest BCUT2D eigenvalue weighted by molar-refractivity contribution is 7.13. The molecule has 0 spiro atoms. The molecule has 0 radical (unpaired) electrons. The number of hydrogen-bond acceptors (Lipinski definition) is 4. The van der Waals surface area contributed by atoms with Crippen molar-refractivity contribution in [1.82, 2.24) is 19.4 Å². The van der Waals surface area contributed by atoms with E-state index in [-0.39, 0.29) is 0 Å². The lowest BCUT2D eigenvalue weighted by Crippen LogP contribution is -2.12. The number of pyridine rings is 1. The van der Waals surface area contributed by atoms with E-state index in [1.807, 2.05) is 18.6 Å². The number of imidazole rings is 1. The molecular weight excluding hydrogens is 364 g/mol. The summed E-state index contributed by atoms with van der Waals surface area (Å²) in [5.74, 6) is 1.73. The maximum Gasteiger partial charge on any atom is 0.117 e. The summed E-state index contributed by atoms with van der Waals surface area (Å²) in [5, 5.41) is 3.23. The minimum atomic E-state index is 0.563. The van der Waals surface area contributed by atoms with Crippen molar-refractivity contribution >= 4 is 27.8 Å². The summed E-state index contributed by atoms with van der Waals surface area (Å²) in [6.07, 6.45) is 9.55. The summed E-state index contributed by atoms with van der Waals surface area (Å²) >= 11 is 1.72. The number of fused-ring (bicyclic) bond motifs is 2. The highest BCUT2D eigenvalue weighted by Gasteiger charge is 2.25. The molecule has 0 atom stereocenters. The zero-order chi connectivity index (χ0) is 18.5. The second-order valence-corrected chi connectivity index (χ2v) is 8.31. The smallest absolute Gasteiger partial charge is 0.117 e. The molecule has 4 aromatic heterocycles. The lowest BCUT2D eigenvalue weighted by Gasteiger charge is -2.23. The van der Waals surface area contributed by atoms with E-state index in [0.29, 0.717) is 5.92 Å². The first-order valence-electron chi connectivity index (χ1n) is 9.64. The van der Waals surface area contributed by atoms with Crippen molar-refractivity contribution in [2.75, 3.05) is 0 Å².